The molecule has 10 aromatic rings. The fraction of sp³-hybridized carbons (Fsp3) is 0. The molecule has 3 nitrogen and oxygen atoms in total. The Morgan fingerprint density at radius 3 is 1.30 bits per heavy atom. The molecule has 0 amide bonds. The van der Waals surface area contributed by atoms with Crippen LogP contribution < -0.4 is 0 Å². The van der Waals surface area contributed by atoms with Gasteiger partial charge >= 0.3 is 0 Å². The maximum Gasteiger partial charge on any atom is 0.160 e. The van der Waals surface area contributed by atoms with E-state index in [1.165, 1.54) is 11.1 Å². The van der Waals surface area contributed by atoms with Crippen LogP contribution in [0.25, 0.3) is 100 Å². The highest BCUT2D eigenvalue weighted by molar-refractivity contribution is 6.18. The molecule has 0 saturated carbocycles. The van der Waals surface area contributed by atoms with E-state index >= 15 is 0 Å². The molecule has 3 heteroatoms. The van der Waals surface area contributed by atoms with Crippen molar-refractivity contribution in [3.8, 4) is 78.5 Å². The summed E-state index contributed by atoms with van der Waals surface area (Å²) in [6.45, 7) is 0. The lowest BCUT2D eigenvalue weighted by molar-refractivity contribution is 1.18. The Kier molecular flexibility index (Phi) is 8.51. The van der Waals surface area contributed by atoms with Gasteiger partial charge in [-0.05, 0) is 62.4 Å². The summed E-state index contributed by atoms with van der Waals surface area (Å²) < 4.78 is 0. The minimum Gasteiger partial charge on any atom is -0.247 e. The molecular formula is C53H35N3. The minimum absolute atomic E-state index is 0.660. The summed E-state index contributed by atoms with van der Waals surface area (Å²) in [7, 11) is 0. The molecule has 0 radical (unpaired) electrons. The van der Waals surface area contributed by atoms with E-state index in [0.29, 0.717) is 5.82 Å². The molecule has 0 aliphatic heterocycles. The number of benzene rings is 8. The Hall–Kier alpha value is -7.49. The summed E-state index contributed by atoms with van der Waals surface area (Å²) in [5.41, 5.74) is 14.4. The van der Waals surface area contributed by atoms with E-state index in [2.05, 4.69) is 194 Å². The predicted octanol–water partition coefficient (Wildman–Crippen LogP) is 13.8. The van der Waals surface area contributed by atoms with E-state index in [9.17, 15) is 0 Å². The van der Waals surface area contributed by atoms with Crippen molar-refractivity contribution in [3.05, 3.63) is 212 Å². The summed E-state index contributed by atoms with van der Waals surface area (Å²) in [6, 6.07) is 74.4. The van der Waals surface area contributed by atoms with Gasteiger partial charge in [-0.15, -0.1) is 0 Å². The number of fused-ring (bicyclic) bond motifs is 3. The largest absolute Gasteiger partial charge is 0.247 e. The van der Waals surface area contributed by atoms with Crippen LogP contribution in [-0.4, -0.2) is 15.0 Å². The molecule has 56 heavy (non-hydrogen) atoms. The molecule has 0 fully saturated rings. The van der Waals surface area contributed by atoms with Gasteiger partial charge in [-0.2, -0.15) is 0 Å². The zero-order chi connectivity index (χ0) is 37.3. The lowest BCUT2D eigenvalue weighted by Gasteiger charge is -2.17. The van der Waals surface area contributed by atoms with Crippen LogP contribution in [0, 0.1) is 0 Å². The van der Waals surface area contributed by atoms with Gasteiger partial charge in [-0.3, -0.25) is 0 Å². The quantitative estimate of drug-likeness (QED) is 0.154. The van der Waals surface area contributed by atoms with Crippen molar-refractivity contribution in [1.82, 2.24) is 15.0 Å². The minimum atomic E-state index is 0.660. The van der Waals surface area contributed by atoms with Crippen LogP contribution in [0.4, 0.5) is 0 Å². The molecule has 8 aromatic carbocycles. The zero-order valence-corrected chi connectivity index (χ0v) is 30.5. The number of nitrogens with zero attached hydrogens (tertiary/aromatic N) is 3. The van der Waals surface area contributed by atoms with Crippen LogP contribution in [-0.2, 0) is 0 Å². The Bertz CT molecular complexity index is 2860. The van der Waals surface area contributed by atoms with E-state index in [-0.39, 0.29) is 0 Å². The number of pyridine rings is 1. The third kappa shape index (κ3) is 6.31. The van der Waals surface area contributed by atoms with Crippen LogP contribution in [0.5, 0.6) is 0 Å². The highest BCUT2D eigenvalue weighted by Crippen LogP contribution is 2.42. The Morgan fingerprint density at radius 2 is 0.696 bits per heavy atom. The third-order valence-corrected chi connectivity index (χ3v) is 10.5. The van der Waals surface area contributed by atoms with Crippen molar-refractivity contribution in [2.24, 2.45) is 0 Å². The van der Waals surface area contributed by atoms with Gasteiger partial charge in [-0.25, -0.2) is 15.0 Å². The average molecular weight is 714 g/mol. The SMILES string of the molecule is c1ccc(-c2ccc(-c3cc(-c4cc5ccccc5c5c(-c6ccccc6)cc(-c6ccccc6)nc45)nc(-c4ccc(-c5ccccc5)cc4)n3)cc2)cc1. The molecule has 2 heterocycles. The van der Waals surface area contributed by atoms with Gasteiger partial charge in [0.2, 0.25) is 0 Å². The number of aromatic nitrogens is 3. The van der Waals surface area contributed by atoms with Gasteiger partial charge in [0, 0.05) is 27.6 Å². The van der Waals surface area contributed by atoms with Gasteiger partial charge < -0.3 is 0 Å². The second kappa shape index (κ2) is 14.4. The maximum absolute atomic E-state index is 5.49. The Morgan fingerprint density at radius 1 is 0.268 bits per heavy atom. The van der Waals surface area contributed by atoms with Crippen LogP contribution in [0.1, 0.15) is 0 Å². The zero-order valence-electron chi connectivity index (χ0n) is 30.5. The molecule has 0 unspecified atom stereocenters. The van der Waals surface area contributed by atoms with Gasteiger partial charge in [0.25, 0.3) is 0 Å². The molecule has 0 saturated heterocycles. The maximum atomic E-state index is 5.49. The first kappa shape index (κ1) is 33.1. The average Bonchev–Trinajstić information content (AvgIpc) is 3.29. The van der Waals surface area contributed by atoms with Crippen molar-refractivity contribution in [2.45, 2.75) is 0 Å². The molecule has 0 bridgehead atoms. The summed E-state index contributed by atoms with van der Waals surface area (Å²) in [5, 5.41) is 3.38. The second-order valence-electron chi connectivity index (χ2n) is 14.0. The van der Waals surface area contributed by atoms with Crippen molar-refractivity contribution in [1.29, 1.82) is 0 Å². The monoisotopic (exact) mass is 713 g/mol. The fourth-order valence-corrected chi connectivity index (χ4v) is 7.65. The van der Waals surface area contributed by atoms with Crippen LogP contribution in [0.2, 0.25) is 0 Å². The molecule has 262 valence electrons. The van der Waals surface area contributed by atoms with Crippen molar-refractivity contribution >= 4 is 21.7 Å². The molecule has 0 atom stereocenters. The van der Waals surface area contributed by atoms with E-state index in [0.717, 1.165) is 83.3 Å². The highest BCUT2D eigenvalue weighted by Gasteiger charge is 2.20. The van der Waals surface area contributed by atoms with Crippen molar-refractivity contribution < 1.29 is 0 Å². The molecule has 0 aliphatic rings. The summed E-state index contributed by atoms with van der Waals surface area (Å²) in [4.78, 5) is 16.1. The molecular weight excluding hydrogens is 679 g/mol. The van der Waals surface area contributed by atoms with Gasteiger partial charge in [0.1, 0.15) is 0 Å². The topological polar surface area (TPSA) is 38.7 Å². The summed E-state index contributed by atoms with van der Waals surface area (Å²) in [6.07, 6.45) is 0. The summed E-state index contributed by atoms with van der Waals surface area (Å²) >= 11 is 0. The number of hydrogen-bond acceptors (Lipinski definition) is 3. The van der Waals surface area contributed by atoms with E-state index in [1.54, 1.807) is 0 Å². The van der Waals surface area contributed by atoms with Crippen molar-refractivity contribution in [2.75, 3.05) is 0 Å². The number of rotatable bonds is 7. The molecule has 0 N–H and O–H groups in total. The van der Waals surface area contributed by atoms with E-state index < -0.39 is 0 Å². The smallest absolute Gasteiger partial charge is 0.160 e. The van der Waals surface area contributed by atoms with Crippen molar-refractivity contribution in [3.63, 3.8) is 0 Å². The second-order valence-corrected chi connectivity index (χ2v) is 14.0. The predicted molar refractivity (Wildman–Crippen MR) is 233 cm³/mol. The van der Waals surface area contributed by atoms with Crippen LogP contribution >= 0.6 is 0 Å². The first-order chi connectivity index (χ1) is 27.7. The van der Waals surface area contributed by atoms with Gasteiger partial charge in [-0.1, -0.05) is 194 Å². The molecule has 10 rings (SSSR count). The van der Waals surface area contributed by atoms with Crippen LogP contribution in [0.15, 0.2) is 212 Å². The van der Waals surface area contributed by atoms with Crippen LogP contribution in [0.3, 0.4) is 0 Å². The third-order valence-electron chi connectivity index (χ3n) is 10.5. The normalized spacial score (nSPS) is 11.2. The molecule has 0 spiro atoms. The standard InChI is InChI=1S/C53H35N3/c1-5-15-36(16-6-1)38-25-29-42(30-26-38)49-35-50(56-53(55-49)43-31-27-39(28-32-43)37-17-7-2-8-18-37)47-33-44-23-13-14-24-45(44)51-46(40-19-9-3-10-20-40)34-48(54-52(47)51)41-21-11-4-12-22-41/h1-35H. The lowest BCUT2D eigenvalue weighted by atomic mass is 9.91. The van der Waals surface area contributed by atoms with Gasteiger partial charge in [0.15, 0.2) is 5.82 Å². The van der Waals surface area contributed by atoms with Gasteiger partial charge in [0.05, 0.1) is 22.6 Å². The molecule has 2 aromatic heterocycles. The Balaban J connectivity index is 1.23. The fourth-order valence-electron chi connectivity index (χ4n) is 7.65. The molecule has 0 aliphatic carbocycles. The highest BCUT2D eigenvalue weighted by atomic mass is 14.9. The summed E-state index contributed by atoms with van der Waals surface area (Å²) in [5.74, 6) is 0.660. The first-order valence-electron chi connectivity index (χ1n) is 18.9. The van der Waals surface area contributed by atoms with E-state index in [4.69, 9.17) is 15.0 Å². The Labute approximate surface area is 326 Å². The lowest BCUT2D eigenvalue weighted by Crippen LogP contribution is -1.99. The number of hydrogen-bond donors (Lipinski definition) is 0. The first-order valence-corrected chi connectivity index (χ1v) is 18.9. The van der Waals surface area contributed by atoms with E-state index in [1.807, 2.05) is 18.2 Å².